The van der Waals surface area contributed by atoms with Crippen molar-refractivity contribution in [3.05, 3.63) is 43.0 Å². The van der Waals surface area contributed by atoms with E-state index in [9.17, 15) is 0 Å². The highest BCUT2D eigenvalue weighted by molar-refractivity contribution is 5.11. The number of hydrogen-bond donors (Lipinski definition) is 0. The molecule has 0 atom stereocenters. The molecule has 0 heterocycles. The highest BCUT2D eigenvalue weighted by Crippen LogP contribution is 1.97. The summed E-state index contributed by atoms with van der Waals surface area (Å²) < 4.78 is 4.65. The van der Waals surface area contributed by atoms with Crippen molar-refractivity contribution in [3.63, 3.8) is 0 Å². The fourth-order valence-corrected chi connectivity index (χ4v) is 0.630. The maximum Gasteiger partial charge on any atom is 0.0724 e. The molecule has 0 bridgehead atoms. The van der Waals surface area contributed by atoms with Crippen molar-refractivity contribution in [2.75, 3.05) is 0 Å². The van der Waals surface area contributed by atoms with Crippen molar-refractivity contribution in [1.29, 1.82) is 0 Å². The van der Waals surface area contributed by atoms with Gasteiger partial charge in [0.1, 0.15) is 0 Å². The summed E-state index contributed by atoms with van der Waals surface area (Å²) in [4.78, 5) is 0. The Bertz CT molecular complexity index is 157. The van der Waals surface area contributed by atoms with Crippen molar-refractivity contribution in [3.8, 4) is 0 Å². The van der Waals surface area contributed by atoms with Crippen LogP contribution in [-0.2, 0) is 11.3 Å². The van der Waals surface area contributed by atoms with Gasteiger partial charge in [-0.25, -0.2) is 0 Å². The molecule has 0 aliphatic rings. The second-order valence-electron chi connectivity index (χ2n) is 1.74. The van der Waals surface area contributed by atoms with Crippen LogP contribution in [0.1, 0.15) is 5.56 Å². The van der Waals surface area contributed by atoms with Crippen LogP contribution >= 0.6 is 0 Å². The molecule has 0 fully saturated rings. The lowest BCUT2D eigenvalue weighted by Crippen LogP contribution is -1.83. The predicted molar refractivity (Wildman–Crippen MR) is 35.4 cm³/mol. The maximum absolute atomic E-state index is 4.65. The highest BCUT2D eigenvalue weighted by Gasteiger charge is 1.85. The molecule has 1 aromatic rings. The van der Waals surface area contributed by atoms with Gasteiger partial charge < -0.3 is 4.74 Å². The smallest absolute Gasteiger partial charge is 0.0724 e. The summed E-state index contributed by atoms with van der Waals surface area (Å²) in [5, 5.41) is 0. The topological polar surface area (TPSA) is 9.23 Å². The summed E-state index contributed by atoms with van der Waals surface area (Å²) in [5.41, 5.74) is 1.03. The minimum absolute atomic E-state index is 0.542. The van der Waals surface area contributed by atoms with Crippen LogP contribution in [0.2, 0.25) is 0 Å². The van der Waals surface area contributed by atoms with E-state index in [4.69, 9.17) is 0 Å². The first-order valence-corrected chi connectivity index (χ1v) is 2.76. The Kier molecular flexibility index (Phi) is 2.28. The quantitative estimate of drug-likeness (QED) is 0.578. The summed E-state index contributed by atoms with van der Waals surface area (Å²) in [5.74, 6) is 0. The normalized spacial score (nSPS) is 9.44. The monoisotopic (exact) mass is 120 g/mol. The molecule has 1 rings (SSSR count). The van der Waals surface area contributed by atoms with Gasteiger partial charge in [0.15, 0.2) is 0 Å². The molecule has 0 spiro atoms. The molecule has 0 amide bonds. The third kappa shape index (κ3) is 1.86. The average molecular weight is 120 g/mol. The van der Waals surface area contributed by atoms with E-state index < -0.39 is 0 Å². The van der Waals surface area contributed by atoms with Crippen molar-refractivity contribution >= 4 is 0 Å². The first kappa shape index (κ1) is 6.30. The van der Waals surface area contributed by atoms with Crippen LogP contribution in [0.5, 0.6) is 0 Å². The van der Waals surface area contributed by atoms with Gasteiger partial charge in [-0.2, -0.15) is 0 Å². The summed E-state index contributed by atoms with van der Waals surface area (Å²) in [6.45, 7) is 0.542. The number of ether oxygens (including phenoxy) is 1. The van der Waals surface area contributed by atoms with Crippen molar-refractivity contribution in [1.82, 2.24) is 0 Å². The van der Waals surface area contributed by atoms with Gasteiger partial charge in [0, 0.05) is 0 Å². The Balaban J connectivity index is 2.61. The maximum atomic E-state index is 4.65. The number of benzene rings is 1. The van der Waals surface area contributed by atoms with Gasteiger partial charge >= 0.3 is 0 Å². The number of hydrogen-bond acceptors (Lipinski definition) is 1. The molecular weight excluding hydrogens is 112 g/mol. The first-order valence-electron chi connectivity index (χ1n) is 2.76. The van der Waals surface area contributed by atoms with E-state index in [0.717, 1.165) is 5.56 Å². The van der Waals surface area contributed by atoms with Crippen LogP contribution in [0.4, 0.5) is 0 Å². The molecule has 9 heavy (non-hydrogen) atoms. The van der Waals surface area contributed by atoms with E-state index in [1.807, 2.05) is 24.3 Å². The van der Waals surface area contributed by atoms with Crippen molar-refractivity contribution in [2.45, 2.75) is 6.61 Å². The van der Waals surface area contributed by atoms with Gasteiger partial charge in [0.2, 0.25) is 0 Å². The average Bonchev–Trinajstić information content (AvgIpc) is 1.91. The van der Waals surface area contributed by atoms with Gasteiger partial charge in [-0.1, -0.05) is 24.3 Å². The van der Waals surface area contributed by atoms with Gasteiger partial charge in [-0.3, -0.25) is 0 Å². The Morgan fingerprint density at radius 1 is 1.56 bits per heavy atom. The van der Waals surface area contributed by atoms with Crippen molar-refractivity contribution in [2.24, 2.45) is 0 Å². The fourth-order valence-electron chi connectivity index (χ4n) is 0.630. The summed E-state index contributed by atoms with van der Waals surface area (Å²) >= 11 is 0. The standard InChI is InChI=1S/C8H8O/c1-9-7-8-5-3-2-4-6-8/h2-5H,1,7H2. The zero-order valence-electron chi connectivity index (χ0n) is 5.13. The lowest BCUT2D eigenvalue weighted by Gasteiger charge is -1.94. The molecule has 0 saturated heterocycles. The first-order chi connectivity index (χ1) is 4.43. The molecule has 2 radical (unpaired) electrons. The molecule has 0 aliphatic heterocycles. The van der Waals surface area contributed by atoms with Gasteiger partial charge in [-0.15, -0.1) is 0 Å². The highest BCUT2D eigenvalue weighted by atomic mass is 16.5. The van der Waals surface area contributed by atoms with E-state index in [1.165, 1.54) is 0 Å². The van der Waals surface area contributed by atoms with Crippen molar-refractivity contribution < 1.29 is 4.74 Å². The molecule has 1 heteroatoms. The van der Waals surface area contributed by atoms with Gasteiger partial charge in [0.25, 0.3) is 0 Å². The number of rotatable bonds is 2. The van der Waals surface area contributed by atoms with Crippen LogP contribution in [0.15, 0.2) is 24.3 Å². The van der Waals surface area contributed by atoms with E-state index >= 15 is 0 Å². The second-order valence-corrected chi connectivity index (χ2v) is 1.74. The summed E-state index contributed by atoms with van der Waals surface area (Å²) in [7, 11) is 3.26. The molecule has 0 N–H and O–H groups in total. The van der Waals surface area contributed by atoms with Gasteiger partial charge in [0.05, 0.1) is 13.7 Å². The molecule has 1 nitrogen and oxygen atoms in total. The molecule has 0 saturated carbocycles. The summed E-state index contributed by atoms with van der Waals surface area (Å²) in [6.07, 6.45) is 0. The van der Waals surface area contributed by atoms with Crippen LogP contribution in [-0.4, -0.2) is 0 Å². The Morgan fingerprint density at radius 3 is 3.00 bits per heavy atom. The molecule has 46 valence electrons. The fraction of sp³-hybridized carbons (Fsp3) is 0.125. The molecule has 1 aromatic carbocycles. The molecule has 0 unspecified atom stereocenters. The minimum Gasteiger partial charge on any atom is -0.374 e. The van der Waals surface area contributed by atoms with E-state index in [1.54, 1.807) is 0 Å². The lowest BCUT2D eigenvalue weighted by molar-refractivity contribution is 0.228. The predicted octanol–water partition coefficient (Wildman–Crippen LogP) is 1.79. The van der Waals surface area contributed by atoms with E-state index in [-0.39, 0.29) is 0 Å². The van der Waals surface area contributed by atoms with Crippen LogP contribution < -0.4 is 0 Å². The van der Waals surface area contributed by atoms with Crippen LogP contribution in [0.3, 0.4) is 0 Å². The zero-order chi connectivity index (χ0) is 6.53. The Hall–Kier alpha value is -0.820. The van der Waals surface area contributed by atoms with Gasteiger partial charge in [-0.05, 0) is 11.6 Å². The Morgan fingerprint density at radius 2 is 2.44 bits per heavy atom. The Labute approximate surface area is 55.3 Å². The van der Waals surface area contributed by atoms with E-state index in [2.05, 4.69) is 17.9 Å². The second kappa shape index (κ2) is 3.25. The summed E-state index contributed by atoms with van der Waals surface area (Å²) in [6, 6.07) is 10.7. The lowest BCUT2D eigenvalue weighted by atomic mass is 10.2. The third-order valence-electron chi connectivity index (χ3n) is 1.03. The van der Waals surface area contributed by atoms with Crippen LogP contribution in [0, 0.1) is 13.2 Å². The van der Waals surface area contributed by atoms with E-state index in [0.29, 0.717) is 6.61 Å². The zero-order valence-corrected chi connectivity index (χ0v) is 5.13. The third-order valence-corrected chi connectivity index (χ3v) is 1.03. The SMILES string of the molecule is [CH2]OCc1[c]cccc1. The molecule has 0 aliphatic carbocycles. The minimum atomic E-state index is 0.542. The molecular formula is C8H8O. The van der Waals surface area contributed by atoms with Crippen LogP contribution in [0.25, 0.3) is 0 Å². The molecule has 0 aromatic heterocycles. The largest absolute Gasteiger partial charge is 0.374 e.